The molecule has 1 aromatic rings. The standard InChI is InChI=1S/C9H8ClF2NO/c1-5-2-6(9(11)12)7(3-10)8(4-14)13-5/h2,4,9H,3H2,1H3. The molecule has 0 bridgehead atoms. The van der Waals surface area contributed by atoms with Gasteiger partial charge < -0.3 is 0 Å². The van der Waals surface area contributed by atoms with Crippen molar-refractivity contribution in [2.24, 2.45) is 0 Å². The molecule has 0 aromatic carbocycles. The number of aromatic nitrogens is 1. The first-order valence-corrected chi connectivity index (χ1v) is 4.43. The van der Waals surface area contributed by atoms with Crippen LogP contribution in [-0.4, -0.2) is 11.3 Å². The molecule has 0 saturated heterocycles. The van der Waals surface area contributed by atoms with Crippen molar-refractivity contribution in [2.75, 3.05) is 0 Å². The summed E-state index contributed by atoms with van der Waals surface area (Å²) in [7, 11) is 0. The van der Waals surface area contributed by atoms with E-state index < -0.39 is 6.43 Å². The van der Waals surface area contributed by atoms with Gasteiger partial charge in [0.1, 0.15) is 5.69 Å². The second kappa shape index (κ2) is 4.46. The number of rotatable bonds is 3. The Labute approximate surface area is 84.9 Å². The first-order valence-electron chi connectivity index (χ1n) is 3.89. The van der Waals surface area contributed by atoms with Crippen molar-refractivity contribution in [1.29, 1.82) is 0 Å². The Bertz CT molecular complexity index is 355. The average molecular weight is 220 g/mol. The third-order valence-electron chi connectivity index (χ3n) is 1.80. The maximum Gasteiger partial charge on any atom is 0.264 e. The van der Waals surface area contributed by atoms with E-state index >= 15 is 0 Å². The summed E-state index contributed by atoms with van der Waals surface area (Å²) in [6.07, 6.45) is -2.19. The lowest BCUT2D eigenvalue weighted by atomic mass is 10.1. The minimum absolute atomic E-state index is 0.00435. The number of carbonyl (C=O) groups excluding carboxylic acids is 1. The van der Waals surface area contributed by atoms with Gasteiger partial charge in [-0.25, -0.2) is 13.8 Å². The quantitative estimate of drug-likeness (QED) is 0.578. The number of pyridine rings is 1. The molecule has 5 heteroatoms. The minimum atomic E-state index is -2.64. The van der Waals surface area contributed by atoms with E-state index in [1.165, 1.54) is 6.07 Å². The van der Waals surface area contributed by atoms with Crippen LogP contribution in [0.15, 0.2) is 6.07 Å². The van der Waals surface area contributed by atoms with Gasteiger partial charge in [0, 0.05) is 16.8 Å². The molecule has 76 valence electrons. The molecule has 0 fully saturated rings. The number of hydrogen-bond acceptors (Lipinski definition) is 2. The number of aryl methyl sites for hydroxylation is 1. The van der Waals surface area contributed by atoms with E-state index in [2.05, 4.69) is 4.98 Å². The molecular weight excluding hydrogens is 212 g/mol. The fourth-order valence-corrected chi connectivity index (χ4v) is 1.48. The smallest absolute Gasteiger partial charge is 0.264 e. The van der Waals surface area contributed by atoms with Crippen LogP contribution >= 0.6 is 11.6 Å². The lowest BCUT2D eigenvalue weighted by molar-refractivity contribution is 0.111. The highest BCUT2D eigenvalue weighted by Gasteiger charge is 2.17. The van der Waals surface area contributed by atoms with Crippen LogP contribution in [0.2, 0.25) is 0 Å². The Hall–Kier alpha value is -1.03. The van der Waals surface area contributed by atoms with Crippen LogP contribution < -0.4 is 0 Å². The Morgan fingerprint density at radius 2 is 2.29 bits per heavy atom. The van der Waals surface area contributed by atoms with Crippen molar-refractivity contribution in [3.05, 3.63) is 28.6 Å². The van der Waals surface area contributed by atoms with E-state index in [4.69, 9.17) is 11.6 Å². The van der Waals surface area contributed by atoms with Crippen LogP contribution in [0.1, 0.15) is 33.7 Å². The fraction of sp³-hybridized carbons (Fsp3) is 0.333. The van der Waals surface area contributed by atoms with Gasteiger partial charge in [0.15, 0.2) is 6.29 Å². The van der Waals surface area contributed by atoms with Crippen molar-refractivity contribution in [2.45, 2.75) is 19.2 Å². The summed E-state index contributed by atoms with van der Waals surface area (Å²) in [6.45, 7) is 1.55. The van der Waals surface area contributed by atoms with Gasteiger partial charge in [-0.15, -0.1) is 11.6 Å². The summed E-state index contributed by atoms with van der Waals surface area (Å²) < 4.78 is 25.0. The highest BCUT2D eigenvalue weighted by Crippen LogP contribution is 2.26. The lowest BCUT2D eigenvalue weighted by Crippen LogP contribution is -2.03. The molecule has 0 aliphatic rings. The number of aldehydes is 1. The molecule has 2 nitrogen and oxygen atoms in total. The molecule has 1 rings (SSSR count). The van der Waals surface area contributed by atoms with Crippen molar-refractivity contribution in [1.82, 2.24) is 4.98 Å². The largest absolute Gasteiger partial charge is 0.296 e. The van der Waals surface area contributed by atoms with Crippen LogP contribution in [0.4, 0.5) is 8.78 Å². The lowest BCUT2D eigenvalue weighted by Gasteiger charge is -2.09. The molecule has 0 radical (unpaired) electrons. The predicted octanol–water partition coefficient (Wildman–Crippen LogP) is 2.88. The zero-order valence-electron chi connectivity index (χ0n) is 7.43. The van der Waals surface area contributed by atoms with Crippen LogP contribution in [-0.2, 0) is 5.88 Å². The summed E-state index contributed by atoms with van der Waals surface area (Å²) in [6, 6.07) is 1.25. The third kappa shape index (κ3) is 2.07. The van der Waals surface area contributed by atoms with Gasteiger partial charge >= 0.3 is 0 Å². The maximum absolute atomic E-state index is 12.5. The van der Waals surface area contributed by atoms with Crippen LogP contribution in [0.25, 0.3) is 0 Å². The first kappa shape index (κ1) is 11.0. The highest BCUT2D eigenvalue weighted by molar-refractivity contribution is 6.17. The van der Waals surface area contributed by atoms with E-state index in [0.29, 0.717) is 12.0 Å². The molecule has 0 saturated carbocycles. The molecule has 1 heterocycles. The molecule has 0 aliphatic heterocycles. The SMILES string of the molecule is Cc1cc(C(F)F)c(CCl)c(C=O)n1. The second-order valence-corrected chi connectivity index (χ2v) is 3.04. The molecule has 14 heavy (non-hydrogen) atoms. The Morgan fingerprint density at radius 1 is 1.64 bits per heavy atom. The normalized spacial score (nSPS) is 10.6. The van der Waals surface area contributed by atoms with Gasteiger partial charge in [-0.1, -0.05) is 0 Å². The molecular formula is C9H8ClF2NO. The minimum Gasteiger partial charge on any atom is -0.296 e. The Morgan fingerprint density at radius 3 is 2.71 bits per heavy atom. The molecule has 0 amide bonds. The molecule has 1 aromatic heterocycles. The second-order valence-electron chi connectivity index (χ2n) is 2.77. The summed E-state index contributed by atoms with van der Waals surface area (Å²) in [4.78, 5) is 14.4. The molecule has 0 N–H and O–H groups in total. The predicted molar refractivity (Wildman–Crippen MR) is 48.9 cm³/mol. The van der Waals surface area contributed by atoms with Crippen LogP contribution in [0.3, 0.4) is 0 Å². The summed E-state index contributed by atoms with van der Waals surface area (Å²) in [5, 5.41) is 0. The third-order valence-corrected chi connectivity index (χ3v) is 2.07. The maximum atomic E-state index is 12.5. The zero-order valence-corrected chi connectivity index (χ0v) is 8.18. The summed E-state index contributed by atoms with van der Waals surface area (Å²) >= 11 is 5.48. The molecule has 0 atom stereocenters. The number of alkyl halides is 3. The summed E-state index contributed by atoms with van der Waals surface area (Å²) in [5.41, 5.74) is 0.281. The molecule has 0 aliphatic carbocycles. The van der Waals surface area contributed by atoms with Gasteiger partial charge in [-0.05, 0) is 13.0 Å². The number of hydrogen-bond donors (Lipinski definition) is 0. The monoisotopic (exact) mass is 219 g/mol. The van der Waals surface area contributed by atoms with E-state index in [1.54, 1.807) is 6.92 Å². The van der Waals surface area contributed by atoms with Gasteiger partial charge in [0.25, 0.3) is 6.43 Å². The van der Waals surface area contributed by atoms with E-state index in [1.807, 2.05) is 0 Å². The Balaban J connectivity index is 3.39. The van der Waals surface area contributed by atoms with Crippen molar-refractivity contribution >= 4 is 17.9 Å². The topological polar surface area (TPSA) is 30.0 Å². The van der Waals surface area contributed by atoms with Crippen LogP contribution in [0, 0.1) is 6.92 Å². The van der Waals surface area contributed by atoms with E-state index in [9.17, 15) is 13.6 Å². The number of halogens is 3. The van der Waals surface area contributed by atoms with Crippen molar-refractivity contribution in [3.63, 3.8) is 0 Å². The van der Waals surface area contributed by atoms with Crippen molar-refractivity contribution in [3.8, 4) is 0 Å². The zero-order chi connectivity index (χ0) is 10.7. The fourth-order valence-electron chi connectivity index (χ4n) is 1.19. The Kier molecular flexibility index (Phi) is 3.52. The molecule has 0 spiro atoms. The van der Waals surface area contributed by atoms with Crippen LogP contribution in [0.5, 0.6) is 0 Å². The number of carbonyl (C=O) groups is 1. The van der Waals surface area contributed by atoms with Gasteiger partial charge in [0.2, 0.25) is 0 Å². The van der Waals surface area contributed by atoms with E-state index in [0.717, 1.165) is 0 Å². The van der Waals surface area contributed by atoms with E-state index in [-0.39, 0.29) is 22.7 Å². The number of nitrogens with zero attached hydrogens (tertiary/aromatic N) is 1. The van der Waals surface area contributed by atoms with Gasteiger partial charge in [0.05, 0.1) is 5.88 Å². The van der Waals surface area contributed by atoms with Crippen molar-refractivity contribution < 1.29 is 13.6 Å². The average Bonchev–Trinajstić information content (AvgIpc) is 2.16. The summed E-state index contributed by atoms with van der Waals surface area (Å²) in [5.74, 6) is -0.138. The first-order chi connectivity index (χ1) is 6.60. The molecule has 0 unspecified atom stereocenters. The highest BCUT2D eigenvalue weighted by atomic mass is 35.5. The van der Waals surface area contributed by atoms with Gasteiger partial charge in [-0.2, -0.15) is 0 Å². The van der Waals surface area contributed by atoms with Gasteiger partial charge in [-0.3, -0.25) is 4.79 Å².